The third-order valence-corrected chi connectivity index (χ3v) is 1.29. The molecule has 0 bridgehead atoms. The summed E-state index contributed by atoms with van der Waals surface area (Å²) >= 11 is 0. The fraction of sp³-hybridized carbons (Fsp3) is 0.500. The standard InChI is InChI=1S/C6H8O7.Na.H/c7-3(8)1-6(13,5(11)12)2-4(9)10;;/h13H,1-2H2,(H,7,8)(H,9,10)(H,11,12);;/q;+1;-1. The van der Waals surface area contributed by atoms with E-state index in [1.165, 1.54) is 0 Å². The first-order valence-corrected chi connectivity index (χ1v) is 3.17. The summed E-state index contributed by atoms with van der Waals surface area (Å²) in [4.78, 5) is 30.5. The van der Waals surface area contributed by atoms with E-state index in [9.17, 15) is 14.4 Å². The van der Waals surface area contributed by atoms with Crippen LogP contribution in [-0.4, -0.2) is 43.9 Å². The summed E-state index contributed by atoms with van der Waals surface area (Å²) in [6, 6.07) is 0. The van der Waals surface area contributed by atoms with Crippen LogP contribution in [0.1, 0.15) is 14.3 Å². The van der Waals surface area contributed by atoms with Gasteiger partial charge in [0.1, 0.15) is 0 Å². The topological polar surface area (TPSA) is 132 Å². The maximum absolute atomic E-state index is 10.3. The number of carbonyl (C=O) groups is 3. The smallest absolute Gasteiger partial charge is 1.00 e. The number of carboxylic acids is 3. The van der Waals surface area contributed by atoms with Crippen molar-refractivity contribution < 1.29 is 65.8 Å². The van der Waals surface area contributed by atoms with Crippen molar-refractivity contribution in [2.75, 3.05) is 0 Å². The van der Waals surface area contributed by atoms with Crippen molar-refractivity contribution >= 4 is 17.9 Å². The first kappa shape index (κ1) is 15.8. The molecule has 0 amide bonds. The minimum Gasteiger partial charge on any atom is -1.00 e. The Labute approximate surface area is 102 Å². The third-order valence-electron chi connectivity index (χ3n) is 1.29. The molecule has 14 heavy (non-hydrogen) atoms. The van der Waals surface area contributed by atoms with Gasteiger partial charge in [0.15, 0.2) is 5.60 Å². The van der Waals surface area contributed by atoms with Crippen molar-refractivity contribution in [2.45, 2.75) is 18.4 Å². The van der Waals surface area contributed by atoms with Crippen molar-refractivity contribution in [1.82, 2.24) is 0 Å². The zero-order chi connectivity index (χ0) is 10.6. The molecular weight excluding hydrogens is 207 g/mol. The zero-order valence-corrected chi connectivity index (χ0v) is 9.43. The van der Waals surface area contributed by atoms with E-state index in [0.717, 1.165) is 0 Å². The molecule has 0 heterocycles. The van der Waals surface area contributed by atoms with Gasteiger partial charge in [-0.1, -0.05) is 0 Å². The van der Waals surface area contributed by atoms with Crippen molar-refractivity contribution in [3.8, 4) is 0 Å². The maximum Gasteiger partial charge on any atom is 1.00 e. The van der Waals surface area contributed by atoms with Gasteiger partial charge in [0.25, 0.3) is 0 Å². The molecule has 8 heteroatoms. The average Bonchev–Trinajstić information content (AvgIpc) is 1.82. The van der Waals surface area contributed by atoms with E-state index in [-0.39, 0.29) is 31.0 Å². The minimum atomic E-state index is -2.74. The number of carboxylic acid groups (broad SMARTS) is 3. The van der Waals surface area contributed by atoms with E-state index in [2.05, 4.69) is 0 Å². The Kier molecular flexibility index (Phi) is 6.75. The van der Waals surface area contributed by atoms with Crippen LogP contribution < -0.4 is 29.6 Å². The van der Waals surface area contributed by atoms with Gasteiger partial charge in [-0.25, -0.2) is 4.79 Å². The molecule has 0 aromatic rings. The van der Waals surface area contributed by atoms with Gasteiger partial charge in [-0.15, -0.1) is 0 Å². The van der Waals surface area contributed by atoms with Crippen LogP contribution in [0.3, 0.4) is 0 Å². The van der Waals surface area contributed by atoms with Crippen LogP contribution in [0.15, 0.2) is 0 Å². The first-order chi connectivity index (χ1) is 5.78. The van der Waals surface area contributed by atoms with E-state index in [1.807, 2.05) is 0 Å². The molecule has 0 atom stereocenters. The Balaban J connectivity index is -0.000000720. The summed E-state index contributed by atoms with van der Waals surface area (Å²) in [7, 11) is 0. The molecule has 0 spiro atoms. The molecule has 76 valence electrons. The van der Waals surface area contributed by atoms with E-state index >= 15 is 0 Å². The zero-order valence-electron chi connectivity index (χ0n) is 8.43. The van der Waals surface area contributed by atoms with Gasteiger partial charge in [0.05, 0.1) is 12.8 Å². The minimum absolute atomic E-state index is 0. The molecule has 0 saturated carbocycles. The van der Waals surface area contributed by atoms with Gasteiger partial charge in [-0.3, -0.25) is 9.59 Å². The summed E-state index contributed by atoms with van der Waals surface area (Å²) in [6.07, 6.45) is -2.29. The normalized spacial score (nSPS) is 10.1. The summed E-state index contributed by atoms with van der Waals surface area (Å²) in [5.41, 5.74) is -2.74. The molecule has 0 aliphatic carbocycles. The van der Waals surface area contributed by atoms with Crippen LogP contribution in [0.5, 0.6) is 0 Å². The quantitative estimate of drug-likeness (QED) is 0.343. The van der Waals surface area contributed by atoms with Gasteiger partial charge in [-0.05, 0) is 0 Å². The number of hydrogen-bond acceptors (Lipinski definition) is 4. The van der Waals surface area contributed by atoms with E-state index in [4.69, 9.17) is 20.4 Å². The fourth-order valence-corrected chi connectivity index (χ4v) is 0.714. The van der Waals surface area contributed by atoms with Crippen LogP contribution in [-0.2, 0) is 14.4 Å². The van der Waals surface area contributed by atoms with Crippen molar-refractivity contribution in [2.24, 2.45) is 0 Å². The largest absolute Gasteiger partial charge is 1.00 e. The Hall–Kier alpha value is -0.630. The van der Waals surface area contributed by atoms with Crippen LogP contribution in [0.4, 0.5) is 0 Å². The van der Waals surface area contributed by atoms with Crippen LogP contribution in [0.2, 0.25) is 0 Å². The molecular formula is C6H9NaO7. The van der Waals surface area contributed by atoms with Crippen LogP contribution in [0, 0.1) is 0 Å². The van der Waals surface area contributed by atoms with Crippen molar-refractivity contribution in [3.63, 3.8) is 0 Å². The maximum atomic E-state index is 10.3. The molecule has 0 radical (unpaired) electrons. The Morgan fingerprint density at radius 2 is 1.29 bits per heavy atom. The van der Waals surface area contributed by atoms with Gasteiger partial charge >= 0.3 is 47.5 Å². The molecule has 0 saturated heterocycles. The van der Waals surface area contributed by atoms with E-state index < -0.39 is 36.4 Å². The molecule has 0 aromatic carbocycles. The van der Waals surface area contributed by atoms with Crippen molar-refractivity contribution in [1.29, 1.82) is 0 Å². The first-order valence-electron chi connectivity index (χ1n) is 3.17. The predicted octanol–water partition coefficient (Wildman–Crippen LogP) is -4.13. The van der Waals surface area contributed by atoms with Gasteiger partial charge in [0, 0.05) is 0 Å². The molecule has 4 N–H and O–H groups in total. The second kappa shape index (κ2) is 5.97. The molecule has 0 unspecified atom stereocenters. The SMILES string of the molecule is O=C(O)CC(O)(CC(=O)O)C(=O)O.[H-].[Na+]. The Morgan fingerprint density at radius 3 is 1.43 bits per heavy atom. The molecule has 0 aliphatic heterocycles. The fourth-order valence-electron chi connectivity index (χ4n) is 0.714. The molecule has 0 rings (SSSR count). The summed E-state index contributed by atoms with van der Waals surface area (Å²) < 4.78 is 0. The summed E-state index contributed by atoms with van der Waals surface area (Å²) in [5.74, 6) is -5.02. The monoisotopic (exact) mass is 216 g/mol. The summed E-state index contributed by atoms with van der Waals surface area (Å²) in [5, 5.41) is 33.8. The van der Waals surface area contributed by atoms with Crippen molar-refractivity contribution in [3.05, 3.63) is 0 Å². The second-order valence-electron chi connectivity index (χ2n) is 2.48. The van der Waals surface area contributed by atoms with Crippen LogP contribution in [0.25, 0.3) is 0 Å². The number of hydrogen-bond donors (Lipinski definition) is 4. The number of aliphatic carboxylic acids is 3. The Morgan fingerprint density at radius 1 is 1.00 bits per heavy atom. The van der Waals surface area contributed by atoms with Gasteiger partial charge in [0.2, 0.25) is 0 Å². The number of rotatable bonds is 5. The molecule has 0 fully saturated rings. The van der Waals surface area contributed by atoms with Crippen LogP contribution >= 0.6 is 0 Å². The second-order valence-corrected chi connectivity index (χ2v) is 2.48. The van der Waals surface area contributed by atoms with Gasteiger partial charge in [-0.2, -0.15) is 0 Å². The molecule has 0 aromatic heterocycles. The molecule has 0 aliphatic rings. The number of aliphatic hydroxyl groups is 1. The van der Waals surface area contributed by atoms with E-state index in [1.54, 1.807) is 0 Å². The van der Waals surface area contributed by atoms with E-state index in [0.29, 0.717) is 0 Å². The third kappa shape index (κ3) is 5.18. The average molecular weight is 216 g/mol. The van der Waals surface area contributed by atoms with Gasteiger partial charge < -0.3 is 21.9 Å². The predicted molar refractivity (Wildman–Crippen MR) is 38.2 cm³/mol. The Bertz CT molecular complexity index is 238. The molecule has 7 nitrogen and oxygen atoms in total. The summed E-state index contributed by atoms with van der Waals surface area (Å²) in [6.45, 7) is 0.